The second-order valence-electron chi connectivity index (χ2n) is 8.95. The van der Waals surface area contributed by atoms with Crippen LogP contribution in [-0.4, -0.2) is 39.4 Å². The van der Waals surface area contributed by atoms with E-state index in [4.69, 9.17) is 9.47 Å². The zero-order valence-corrected chi connectivity index (χ0v) is 22.7. The molecule has 0 atom stereocenters. The van der Waals surface area contributed by atoms with Crippen LogP contribution in [-0.2, 0) is 21.2 Å². The third-order valence-electron chi connectivity index (χ3n) is 6.39. The lowest BCUT2D eigenvalue weighted by Crippen LogP contribution is -2.32. The minimum absolute atomic E-state index is 0.0187. The summed E-state index contributed by atoms with van der Waals surface area (Å²) in [6.45, 7) is 4.19. The van der Waals surface area contributed by atoms with Gasteiger partial charge < -0.3 is 9.47 Å². The van der Waals surface area contributed by atoms with E-state index in [1.165, 1.54) is 24.3 Å². The molecule has 1 aliphatic heterocycles. The smallest absolute Gasteiger partial charge is 0.270 e. The molecule has 0 radical (unpaired) electrons. The molecule has 0 spiro atoms. The molecule has 4 aromatic rings. The quantitative estimate of drug-likeness (QED) is 0.301. The predicted molar refractivity (Wildman–Crippen MR) is 149 cm³/mol. The number of nitrogens with one attached hydrogen (secondary N) is 1. The minimum atomic E-state index is -4.00. The molecule has 0 saturated heterocycles. The molecule has 0 aromatic heterocycles. The number of rotatable bonds is 9. The third-order valence-corrected chi connectivity index (χ3v) is 7.78. The number of carbonyl (C=O) groups is 3. The highest BCUT2D eigenvalue weighted by molar-refractivity contribution is 7.90. The Morgan fingerprint density at radius 3 is 1.75 bits per heavy atom. The Morgan fingerprint density at radius 1 is 0.750 bits per heavy atom. The highest BCUT2D eigenvalue weighted by Crippen LogP contribution is 2.46. The van der Waals surface area contributed by atoms with E-state index in [1.807, 2.05) is 24.3 Å². The maximum absolute atomic E-state index is 13.7. The molecule has 1 aliphatic rings. The van der Waals surface area contributed by atoms with Crippen molar-refractivity contribution in [3.63, 3.8) is 0 Å². The summed E-state index contributed by atoms with van der Waals surface area (Å²) in [7, 11) is -4.00. The first kappa shape index (κ1) is 26.9. The van der Waals surface area contributed by atoms with Gasteiger partial charge in [-0.15, -0.1) is 0 Å². The maximum Gasteiger partial charge on any atom is 0.270 e. The van der Waals surface area contributed by atoms with Crippen LogP contribution < -0.4 is 19.1 Å². The average molecular weight is 559 g/mol. The van der Waals surface area contributed by atoms with Crippen molar-refractivity contribution in [2.24, 2.45) is 0 Å². The van der Waals surface area contributed by atoms with Crippen LogP contribution in [0.2, 0.25) is 0 Å². The Kier molecular flexibility index (Phi) is 7.27. The average Bonchev–Trinajstić information content (AvgIpc) is 3.21. The summed E-state index contributed by atoms with van der Waals surface area (Å²) in [4.78, 5) is 40.9. The summed E-state index contributed by atoms with van der Waals surface area (Å²) in [6, 6.07) is 21.1. The molecule has 10 heteroatoms. The molecule has 3 amide bonds. The molecule has 204 valence electrons. The third kappa shape index (κ3) is 4.77. The van der Waals surface area contributed by atoms with Crippen molar-refractivity contribution in [2.75, 3.05) is 18.1 Å². The summed E-state index contributed by atoms with van der Waals surface area (Å²) in [5.41, 5.74) is 1.07. The molecule has 5 rings (SSSR count). The van der Waals surface area contributed by atoms with Gasteiger partial charge in [0.2, 0.25) is 5.91 Å². The van der Waals surface area contributed by atoms with Gasteiger partial charge in [0.15, 0.2) is 0 Å². The second-order valence-corrected chi connectivity index (χ2v) is 10.6. The number of imide groups is 1. The number of amides is 3. The van der Waals surface area contributed by atoms with E-state index in [2.05, 4.69) is 4.72 Å². The summed E-state index contributed by atoms with van der Waals surface area (Å²) >= 11 is 0. The molecule has 0 bridgehead atoms. The van der Waals surface area contributed by atoms with Crippen molar-refractivity contribution in [3.05, 3.63) is 95.6 Å². The van der Waals surface area contributed by atoms with Crippen LogP contribution in [0.15, 0.2) is 83.8 Å². The van der Waals surface area contributed by atoms with Gasteiger partial charge in [-0.2, -0.15) is 0 Å². The normalized spacial score (nSPS) is 12.9. The van der Waals surface area contributed by atoms with Gasteiger partial charge in [0, 0.05) is 10.8 Å². The lowest BCUT2D eigenvalue weighted by atomic mass is 9.99. The largest absolute Gasteiger partial charge is 0.492 e. The standard InChI is InChI=1S/C30H26N2O7S/c1-3-38-27-22-12-8-9-13-23(22)28(39-4-2)26-25(27)29(34)32(30(26)35)20-16-14-19(15-17-20)18-24(33)31-40(36,37)21-10-6-5-7-11-21/h5-17H,3-4,18H2,1-2H3,(H,31,33). The Morgan fingerprint density at radius 2 is 1.25 bits per heavy atom. The molecule has 1 N–H and O–H groups in total. The molecule has 9 nitrogen and oxygen atoms in total. The lowest BCUT2D eigenvalue weighted by molar-refractivity contribution is -0.118. The van der Waals surface area contributed by atoms with Crippen LogP contribution in [0.3, 0.4) is 0 Å². The molecule has 4 aromatic carbocycles. The number of hydrogen-bond acceptors (Lipinski definition) is 7. The SMILES string of the molecule is CCOc1c2c(c(OCC)c3ccccc13)C(=O)N(c1ccc(CC(=O)NS(=O)(=O)c3ccccc3)cc1)C2=O. The zero-order chi connectivity index (χ0) is 28.4. The first-order chi connectivity index (χ1) is 19.3. The van der Waals surface area contributed by atoms with Crippen LogP contribution in [0.1, 0.15) is 40.1 Å². The van der Waals surface area contributed by atoms with Crippen LogP contribution >= 0.6 is 0 Å². The Balaban J connectivity index is 1.44. The van der Waals surface area contributed by atoms with Crippen LogP contribution in [0.4, 0.5) is 5.69 Å². The van der Waals surface area contributed by atoms with Crippen molar-refractivity contribution in [1.29, 1.82) is 0 Å². The molecule has 0 aliphatic carbocycles. The minimum Gasteiger partial charge on any atom is -0.492 e. The number of nitrogens with zero attached hydrogens (tertiary/aromatic N) is 1. The van der Waals surface area contributed by atoms with Crippen LogP contribution in [0.25, 0.3) is 10.8 Å². The van der Waals surface area contributed by atoms with E-state index >= 15 is 0 Å². The first-order valence-corrected chi connectivity index (χ1v) is 14.2. The molecule has 40 heavy (non-hydrogen) atoms. The summed E-state index contributed by atoms with van der Waals surface area (Å²) < 4.78 is 38.7. The van der Waals surface area contributed by atoms with Gasteiger partial charge in [0.05, 0.1) is 41.3 Å². The number of carbonyl (C=O) groups excluding carboxylic acids is 3. The van der Waals surface area contributed by atoms with Gasteiger partial charge in [0.1, 0.15) is 11.5 Å². The van der Waals surface area contributed by atoms with Gasteiger partial charge in [0.25, 0.3) is 21.8 Å². The number of benzene rings is 4. The maximum atomic E-state index is 13.7. The molecule has 0 unspecified atom stereocenters. The molecule has 0 fully saturated rings. The van der Waals surface area contributed by atoms with Crippen molar-refractivity contribution in [2.45, 2.75) is 25.2 Å². The number of anilines is 1. The first-order valence-electron chi connectivity index (χ1n) is 12.7. The zero-order valence-electron chi connectivity index (χ0n) is 21.8. The fourth-order valence-corrected chi connectivity index (χ4v) is 5.72. The van der Waals surface area contributed by atoms with Gasteiger partial charge >= 0.3 is 0 Å². The fourth-order valence-electron chi connectivity index (χ4n) is 4.72. The van der Waals surface area contributed by atoms with Crippen molar-refractivity contribution in [1.82, 2.24) is 4.72 Å². The molecular weight excluding hydrogens is 532 g/mol. The van der Waals surface area contributed by atoms with Crippen molar-refractivity contribution < 1.29 is 32.3 Å². The second kappa shape index (κ2) is 10.8. The predicted octanol–water partition coefficient (Wildman–Crippen LogP) is 4.49. The van der Waals surface area contributed by atoms with Crippen molar-refractivity contribution in [3.8, 4) is 11.5 Å². The number of ether oxygens (including phenoxy) is 2. The van der Waals surface area contributed by atoms with E-state index in [0.717, 1.165) is 4.90 Å². The van der Waals surface area contributed by atoms with E-state index in [-0.39, 0.29) is 22.4 Å². The molecular formula is C30H26N2O7S. The highest BCUT2D eigenvalue weighted by atomic mass is 32.2. The highest BCUT2D eigenvalue weighted by Gasteiger charge is 2.43. The number of fused-ring (bicyclic) bond motifs is 2. The van der Waals surface area contributed by atoms with Gasteiger partial charge in [-0.3, -0.25) is 14.4 Å². The van der Waals surface area contributed by atoms with Gasteiger partial charge in [-0.05, 0) is 43.7 Å². The molecule has 1 heterocycles. The number of hydrogen-bond donors (Lipinski definition) is 1. The fraction of sp³-hybridized carbons (Fsp3) is 0.167. The molecule has 0 saturated carbocycles. The van der Waals surface area contributed by atoms with E-state index in [0.29, 0.717) is 46.7 Å². The summed E-state index contributed by atoms with van der Waals surface area (Å²) in [6.07, 6.45) is -0.219. The monoisotopic (exact) mass is 558 g/mol. The van der Waals surface area contributed by atoms with E-state index in [1.54, 1.807) is 44.2 Å². The summed E-state index contributed by atoms with van der Waals surface area (Å²) in [5, 5.41) is 1.34. The Labute approximate surface area is 231 Å². The van der Waals surface area contributed by atoms with E-state index < -0.39 is 27.7 Å². The lowest BCUT2D eigenvalue weighted by Gasteiger charge is -2.15. The Hall–Kier alpha value is -4.70. The summed E-state index contributed by atoms with van der Waals surface area (Å²) in [5.74, 6) is -1.16. The van der Waals surface area contributed by atoms with Crippen LogP contribution in [0.5, 0.6) is 11.5 Å². The number of sulfonamides is 1. The van der Waals surface area contributed by atoms with E-state index in [9.17, 15) is 22.8 Å². The van der Waals surface area contributed by atoms with Crippen molar-refractivity contribution >= 4 is 44.2 Å². The van der Waals surface area contributed by atoms with Gasteiger partial charge in [-0.25, -0.2) is 18.0 Å². The topological polar surface area (TPSA) is 119 Å². The Bertz CT molecular complexity index is 1670. The van der Waals surface area contributed by atoms with Gasteiger partial charge in [-0.1, -0.05) is 54.6 Å². The van der Waals surface area contributed by atoms with Crippen LogP contribution in [0, 0.1) is 0 Å².